The quantitative estimate of drug-likeness (QED) is 0.877. The maximum Gasteiger partial charge on any atom is 0.318 e. The second kappa shape index (κ2) is 6.26. The second-order valence-electron chi connectivity index (χ2n) is 4.07. The van der Waals surface area contributed by atoms with Crippen LogP contribution in [0.2, 0.25) is 5.02 Å². The Kier molecular flexibility index (Phi) is 4.97. The normalized spacial score (nSPS) is 12.0. The van der Waals surface area contributed by atoms with E-state index in [-0.39, 0.29) is 5.92 Å². The summed E-state index contributed by atoms with van der Waals surface area (Å²) in [6.07, 6.45) is -0.836. The van der Waals surface area contributed by atoms with Crippen LogP contribution in [-0.4, -0.2) is 18.0 Å². The molecule has 1 atom stereocenters. The van der Waals surface area contributed by atoms with E-state index in [0.717, 1.165) is 0 Å². The Hall–Kier alpha value is -1.75. The maximum atomic E-state index is 11.7. The molecule has 0 fully saturated rings. The van der Waals surface area contributed by atoms with E-state index in [9.17, 15) is 9.59 Å². The highest BCUT2D eigenvalue weighted by atomic mass is 35.5. The van der Waals surface area contributed by atoms with E-state index in [2.05, 4.69) is 0 Å². The van der Waals surface area contributed by atoms with Gasteiger partial charge in [-0.3, -0.25) is 10.1 Å². The molecular weight excluding hydrogens is 256 g/mol. The summed E-state index contributed by atoms with van der Waals surface area (Å²) < 4.78 is 5.52. The minimum atomic E-state index is -0.909. The molecule has 1 aromatic carbocycles. The molecule has 0 spiro atoms. The number of hydrogen-bond donors (Lipinski definition) is 2. The summed E-state index contributed by atoms with van der Waals surface area (Å²) in [5.74, 6) is -0.337. The van der Waals surface area contributed by atoms with Gasteiger partial charge in [0.25, 0.3) is 5.91 Å². The summed E-state index contributed by atoms with van der Waals surface area (Å²) in [5, 5.41) is 2.39. The molecule has 0 unspecified atom stereocenters. The standard InChI is InChI=1S/C12H15ClN2O3/c1-7(2)10(11(16)15-12(14)17)18-9-6-4-3-5-8(9)13/h3-7,10H,1-2H3,(H3,14,15,16,17)/t10-/m0/s1. The van der Waals surface area contributed by atoms with Gasteiger partial charge >= 0.3 is 6.03 Å². The summed E-state index contributed by atoms with van der Waals surface area (Å²) >= 11 is 5.94. The maximum absolute atomic E-state index is 11.7. The van der Waals surface area contributed by atoms with Crippen molar-refractivity contribution in [2.45, 2.75) is 20.0 Å². The van der Waals surface area contributed by atoms with Crippen LogP contribution in [0.3, 0.4) is 0 Å². The molecule has 5 nitrogen and oxygen atoms in total. The molecule has 0 saturated heterocycles. The summed E-state index contributed by atoms with van der Waals surface area (Å²) in [7, 11) is 0. The predicted octanol–water partition coefficient (Wildman–Crippen LogP) is 1.94. The Balaban J connectivity index is 2.84. The lowest BCUT2D eigenvalue weighted by Crippen LogP contribution is -2.46. The van der Waals surface area contributed by atoms with Crippen molar-refractivity contribution in [2.75, 3.05) is 0 Å². The Labute approximate surface area is 110 Å². The predicted molar refractivity (Wildman–Crippen MR) is 68.4 cm³/mol. The van der Waals surface area contributed by atoms with Gasteiger partial charge in [-0.15, -0.1) is 0 Å². The van der Waals surface area contributed by atoms with Gasteiger partial charge in [0, 0.05) is 0 Å². The number of rotatable bonds is 4. The summed E-state index contributed by atoms with van der Waals surface area (Å²) in [5.41, 5.74) is 4.90. The van der Waals surface area contributed by atoms with E-state index in [1.807, 2.05) is 5.32 Å². The van der Waals surface area contributed by atoms with Crippen LogP contribution in [0.4, 0.5) is 4.79 Å². The minimum absolute atomic E-state index is 0.138. The van der Waals surface area contributed by atoms with Gasteiger partial charge in [0.2, 0.25) is 0 Å². The van der Waals surface area contributed by atoms with E-state index in [1.165, 1.54) is 0 Å². The number of nitrogens with one attached hydrogen (secondary N) is 1. The molecule has 0 saturated carbocycles. The second-order valence-corrected chi connectivity index (χ2v) is 4.47. The number of carbonyl (C=O) groups excluding carboxylic acids is 2. The molecule has 0 heterocycles. The lowest BCUT2D eigenvalue weighted by Gasteiger charge is -2.21. The van der Waals surface area contributed by atoms with Crippen molar-refractivity contribution in [1.29, 1.82) is 0 Å². The molecular formula is C12H15ClN2O3. The van der Waals surface area contributed by atoms with Gasteiger partial charge in [-0.25, -0.2) is 4.79 Å². The Morgan fingerprint density at radius 1 is 1.33 bits per heavy atom. The van der Waals surface area contributed by atoms with Crippen LogP contribution in [0.5, 0.6) is 5.75 Å². The molecule has 0 aliphatic heterocycles. The van der Waals surface area contributed by atoms with Crippen LogP contribution in [0.25, 0.3) is 0 Å². The summed E-state index contributed by atoms with van der Waals surface area (Å²) in [4.78, 5) is 22.4. The lowest BCUT2D eigenvalue weighted by molar-refractivity contribution is -0.128. The van der Waals surface area contributed by atoms with Crippen molar-refractivity contribution >= 4 is 23.5 Å². The number of halogens is 1. The first-order chi connectivity index (χ1) is 8.41. The lowest BCUT2D eigenvalue weighted by atomic mass is 10.1. The number of carbonyl (C=O) groups is 2. The highest BCUT2D eigenvalue weighted by molar-refractivity contribution is 6.32. The number of ether oxygens (including phenoxy) is 1. The summed E-state index contributed by atoms with van der Waals surface area (Å²) in [6.45, 7) is 3.59. The van der Waals surface area contributed by atoms with E-state index >= 15 is 0 Å². The number of imide groups is 1. The van der Waals surface area contributed by atoms with Crippen molar-refractivity contribution < 1.29 is 14.3 Å². The number of urea groups is 1. The van der Waals surface area contributed by atoms with Gasteiger partial charge in [0.15, 0.2) is 6.10 Å². The first-order valence-electron chi connectivity index (χ1n) is 5.43. The zero-order valence-electron chi connectivity index (χ0n) is 10.1. The van der Waals surface area contributed by atoms with Crippen molar-refractivity contribution in [3.63, 3.8) is 0 Å². The number of amides is 3. The van der Waals surface area contributed by atoms with E-state index in [0.29, 0.717) is 10.8 Å². The van der Waals surface area contributed by atoms with Gasteiger partial charge in [-0.05, 0) is 18.1 Å². The van der Waals surface area contributed by atoms with E-state index < -0.39 is 18.0 Å². The molecule has 98 valence electrons. The van der Waals surface area contributed by atoms with Crippen LogP contribution in [0.15, 0.2) is 24.3 Å². The molecule has 3 N–H and O–H groups in total. The van der Waals surface area contributed by atoms with Crippen LogP contribution in [-0.2, 0) is 4.79 Å². The van der Waals surface area contributed by atoms with Crippen LogP contribution in [0.1, 0.15) is 13.8 Å². The molecule has 1 aromatic rings. The fraction of sp³-hybridized carbons (Fsp3) is 0.333. The highest BCUT2D eigenvalue weighted by Gasteiger charge is 2.25. The zero-order chi connectivity index (χ0) is 13.7. The average Bonchev–Trinajstić information content (AvgIpc) is 2.26. The number of nitrogens with two attached hydrogens (primary N) is 1. The minimum Gasteiger partial charge on any atom is -0.479 e. The van der Waals surface area contributed by atoms with E-state index in [4.69, 9.17) is 22.1 Å². The van der Waals surface area contributed by atoms with Gasteiger partial charge in [0.05, 0.1) is 5.02 Å². The molecule has 0 aliphatic rings. The molecule has 0 bridgehead atoms. The molecule has 3 amide bonds. The largest absolute Gasteiger partial charge is 0.479 e. The van der Waals surface area contributed by atoms with Gasteiger partial charge in [0.1, 0.15) is 5.75 Å². The monoisotopic (exact) mass is 270 g/mol. The molecule has 0 aliphatic carbocycles. The van der Waals surface area contributed by atoms with Gasteiger partial charge < -0.3 is 10.5 Å². The Morgan fingerprint density at radius 2 is 1.94 bits per heavy atom. The average molecular weight is 271 g/mol. The zero-order valence-corrected chi connectivity index (χ0v) is 10.9. The van der Waals surface area contributed by atoms with Crippen LogP contribution < -0.4 is 15.8 Å². The van der Waals surface area contributed by atoms with Gasteiger partial charge in [-0.2, -0.15) is 0 Å². The third-order valence-corrected chi connectivity index (χ3v) is 2.51. The van der Waals surface area contributed by atoms with Gasteiger partial charge in [-0.1, -0.05) is 37.6 Å². The molecule has 18 heavy (non-hydrogen) atoms. The van der Waals surface area contributed by atoms with Crippen molar-refractivity contribution in [2.24, 2.45) is 11.7 Å². The van der Waals surface area contributed by atoms with Crippen molar-refractivity contribution in [1.82, 2.24) is 5.32 Å². The first-order valence-corrected chi connectivity index (χ1v) is 5.81. The van der Waals surface area contributed by atoms with Crippen LogP contribution in [0, 0.1) is 5.92 Å². The smallest absolute Gasteiger partial charge is 0.318 e. The molecule has 1 rings (SSSR count). The van der Waals surface area contributed by atoms with Crippen molar-refractivity contribution in [3.05, 3.63) is 29.3 Å². The summed E-state index contributed by atoms with van der Waals surface area (Å²) in [6, 6.07) is 5.89. The fourth-order valence-electron chi connectivity index (χ4n) is 1.36. The third kappa shape index (κ3) is 3.92. The van der Waals surface area contributed by atoms with Crippen LogP contribution >= 0.6 is 11.6 Å². The van der Waals surface area contributed by atoms with Crippen molar-refractivity contribution in [3.8, 4) is 5.75 Å². The first kappa shape index (κ1) is 14.3. The third-order valence-electron chi connectivity index (χ3n) is 2.20. The highest BCUT2D eigenvalue weighted by Crippen LogP contribution is 2.25. The number of primary amides is 1. The topological polar surface area (TPSA) is 81.4 Å². The fourth-order valence-corrected chi connectivity index (χ4v) is 1.54. The molecule has 6 heteroatoms. The molecule has 0 aromatic heterocycles. The number of benzene rings is 1. The number of hydrogen-bond acceptors (Lipinski definition) is 3. The SMILES string of the molecule is CC(C)[C@H](Oc1ccccc1Cl)C(=O)NC(N)=O. The number of para-hydroxylation sites is 1. The molecule has 0 radical (unpaired) electrons. The van der Waals surface area contributed by atoms with E-state index in [1.54, 1.807) is 38.1 Å². The Morgan fingerprint density at radius 3 is 2.44 bits per heavy atom. The Bertz CT molecular complexity index is 449.